The predicted molar refractivity (Wildman–Crippen MR) is 88.0 cm³/mol. The highest BCUT2D eigenvalue weighted by molar-refractivity contribution is 9.10. The van der Waals surface area contributed by atoms with Gasteiger partial charge in [-0.05, 0) is 51.0 Å². The number of benzene rings is 1. The molecule has 1 aromatic carbocycles. The van der Waals surface area contributed by atoms with E-state index in [1.54, 1.807) is 0 Å². The Morgan fingerprint density at radius 3 is 2.41 bits per heavy atom. The Morgan fingerprint density at radius 2 is 1.86 bits per heavy atom. The molecule has 5 nitrogen and oxygen atoms in total. The molecule has 0 fully saturated rings. The number of ether oxygens (including phenoxy) is 1. The lowest BCUT2D eigenvalue weighted by molar-refractivity contribution is -0.145. The van der Waals surface area contributed by atoms with Crippen LogP contribution in [0.3, 0.4) is 0 Å². The maximum Gasteiger partial charge on any atom is 0.323 e. The van der Waals surface area contributed by atoms with Crippen molar-refractivity contribution in [2.45, 2.75) is 39.2 Å². The molecule has 1 aromatic rings. The summed E-state index contributed by atoms with van der Waals surface area (Å²) in [5.41, 5.74) is 0. The average molecular weight is 372 g/mol. The first kappa shape index (κ1) is 18.5. The number of rotatable bonds is 9. The maximum atomic E-state index is 12.0. The van der Waals surface area contributed by atoms with Crippen LogP contribution in [0.15, 0.2) is 28.7 Å². The zero-order valence-corrected chi connectivity index (χ0v) is 14.5. The molecule has 22 heavy (non-hydrogen) atoms. The number of hydrogen-bond acceptors (Lipinski definition) is 3. The first-order chi connectivity index (χ1) is 10.4. The molecular formula is C16H22BrNO4. The first-order valence-corrected chi connectivity index (χ1v) is 8.09. The van der Waals surface area contributed by atoms with Gasteiger partial charge in [-0.25, -0.2) is 0 Å². The van der Waals surface area contributed by atoms with Crippen LogP contribution in [0.4, 0.5) is 0 Å². The summed E-state index contributed by atoms with van der Waals surface area (Å²) in [4.78, 5) is 24.2. The quantitative estimate of drug-likeness (QED) is 0.676. The fourth-order valence-electron chi connectivity index (χ4n) is 1.95. The van der Waals surface area contributed by atoms with Crippen LogP contribution in [0, 0.1) is 0 Å². The van der Waals surface area contributed by atoms with Gasteiger partial charge in [0, 0.05) is 16.9 Å². The SMILES string of the molecule is CC(C)N(CC(=O)O)C(=O)CCCCOc1ccc(Br)cc1. The van der Waals surface area contributed by atoms with E-state index in [1.807, 2.05) is 38.1 Å². The molecule has 0 aliphatic carbocycles. The molecule has 0 unspecified atom stereocenters. The third-order valence-corrected chi connectivity index (χ3v) is 3.65. The number of carboxylic acids is 1. The molecule has 0 bridgehead atoms. The second-order valence-corrected chi connectivity index (χ2v) is 6.18. The van der Waals surface area contributed by atoms with Crippen molar-refractivity contribution in [1.29, 1.82) is 0 Å². The lowest BCUT2D eigenvalue weighted by Gasteiger charge is -2.24. The van der Waals surface area contributed by atoms with Gasteiger partial charge in [0.1, 0.15) is 12.3 Å². The molecule has 0 aliphatic rings. The summed E-state index contributed by atoms with van der Waals surface area (Å²) in [6.07, 6.45) is 1.77. The van der Waals surface area contributed by atoms with Crippen molar-refractivity contribution in [3.05, 3.63) is 28.7 Å². The van der Waals surface area contributed by atoms with E-state index in [4.69, 9.17) is 9.84 Å². The van der Waals surface area contributed by atoms with E-state index < -0.39 is 5.97 Å². The standard InChI is InChI=1S/C16H22BrNO4/c1-12(2)18(11-16(20)21)15(19)5-3-4-10-22-14-8-6-13(17)7-9-14/h6-9,12H,3-5,10-11H2,1-2H3,(H,20,21). The van der Waals surface area contributed by atoms with Crippen LogP contribution >= 0.6 is 15.9 Å². The van der Waals surface area contributed by atoms with E-state index in [9.17, 15) is 9.59 Å². The number of amides is 1. The van der Waals surface area contributed by atoms with Gasteiger partial charge in [-0.2, -0.15) is 0 Å². The Bertz CT molecular complexity index is 487. The van der Waals surface area contributed by atoms with Gasteiger partial charge in [-0.3, -0.25) is 9.59 Å². The normalized spacial score (nSPS) is 10.5. The number of aliphatic carboxylic acids is 1. The second kappa shape index (κ2) is 9.46. The maximum absolute atomic E-state index is 12.0. The molecule has 0 radical (unpaired) electrons. The Hall–Kier alpha value is -1.56. The van der Waals surface area contributed by atoms with Crippen LogP contribution in [-0.2, 0) is 9.59 Å². The summed E-state index contributed by atoms with van der Waals surface area (Å²) < 4.78 is 6.57. The van der Waals surface area contributed by atoms with Gasteiger partial charge in [0.2, 0.25) is 5.91 Å². The number of carboxylic acid groups (broad SMARTS) is 1. The van der Waals surface area contributed by atoms with Gasteiger partial charge in [0.15, 0.2) is 0 Å². The molecule has 0 spiro atoms. The lowest BCUT2D eigenvalue weighted by atomic mass is 10.2. The van der Waals surface area contributed by atoms with Gasteiger partial charge in [-0.1, -0.05) is 15.9 Å². The van der Waals surface area contributed by atoms with Gasteiger partial charge >= 0.3 is 5.97 Å². The smallest absolute Gasteiger partial charge is 0.323 e. The van der Waals surface area contributed by atoms with E-state index in [0.717, 1.165) is 16.6 Å². The number of hydrogen-bond donors (Lipinski definition) is 1. The highest BCUT2D eigenvalue weighted by Gasteiger charge is 2.18. The van der Waals surface area contributed by atoms with Crippen LogP contribution in [0.1, 0.15) is 33.1 Å². The van der Waals surface area contributed by atoms with Crippen LogP contribution in [0.5, 0.6) is 5.75 Å². The lowest BCUT2D eigenvalue weighted by Crippen LogP contribution is -2.40. The fourth-order valence-corrected chi connectivity index (χ4v) is 2.21. The highest BCUT2D eigenvalue weighted by Crippen LogP contribution is 2.16. The summed E-state index contributed by atoms with van der Waals surface area (Å²) in [5, 5.41) is 8.82. The number of halogens is 1. The van der Waals surface area contributed by atoms with Crippen molar-refractivity contribution in [3.63, 3.8) is 0 Å². The predicted octanol–water partition coefficient (Wildman–Crippen LogP) is 3.32. The van der Waals surface area contributed by atoms with Crippen LogP contribution in [-0.4, -0.2) is 41.1 Å². The Morgan fingerprint density at radius 1 is 1.23 bits per heavy atom. The molecular weight excluding hydrogens is 350 g/mol. The molecule has 1 rings (SSSR count). The molecule has 0 aliphatic heterocycles. The largest absolute Gasteiger partial charge is 0.494 e. The molecule has 0 saturated carbocycles. The molecule has 0 aromatic heterocycles. The summed E-state index contributed by atoms with van der Waals surface area (Å²) in [5.74, 6) is -0.314. The Labute approximate surface area is 139 Å². The minimum atomic E-state index is -0.986. The summed E-state index contributed by atoms with van der Waals surface area (Å²) in [6, 6.07) is 7.46. The van der Waals surface area contributed by atoms with Crippen molar-refractivity contribution < 1.29 is 19.4 Å². The minimum absolute atomic E-state index is 0.109. The molecule has 6 heteroatoms. The Balaban J connectivity index is 2.26. The van der Waals surface area contributed by atoms with Crippen molar-refractivity contribution in [2.24, 2.45) is 0 Å². The summed E-state index contributed by atoms with van der Waals surface area (Å²) in [7, 11) is 0. The van der Waals surface area contributed by atoms with Crippen LogP contribution in [0.25, 0.3) is 0 Å². The van der Waals surface area contributed by atoms with Crippen molar-refractivity contribution in [2.75, 3.05) is 13.2 Å². The fraction of sp³-hybridized carbons (Fsp3) is 0.500. The second-order valence-electron chi connectivity index (χ2n) is 5.27. The third-order valence-electron chi connectivity index (χ3n) is 3.12. The van der Waals surface area contributed by atoms with Crippen molar-refractivity contribution in [3.8, 4) is 5.75 Å². The molecule has 0 heterocycles. The number of unbranched alkanes of at least 4 members (excludes halogenated alkanes) is 1. The van der Waals surface area contributed by atoms with E-state index in [1.165, 1.54) is 4.90 Å². The van der Waals surface area contributed by atoms with Crippen molar-refractivity contribution >= 4 is 27.8 Å². The molecule has 0 atom stereocenters. The molecule has 1 N–H and O–H groups in total. The first-order valence-electron chi connectivity index (χ1n) is 7.29. The zero-order chi connectivity index (χ0) is 16.5. The summed E-state index contributed by atoms with van der Waals surface area (Å²) in [6.45, 7) is 3.93. The minimum Gasteiger partial charge on any atom is -0.494 e. The number of carbonyl (C=O) groups excluding carboxylic acids is 1. The van der Waals surface area contributed by atoms with Gasteiger partial charge < -0.3 is 14.7 Å². The Kier molecular flexibility index (Phi) is 7.95. The monoisotopic (exact) mass is 371 g/mol. The molecule has 1 amide bonds. The average Bonchev–Trinajstić information content (AvgIpc) is 2.45. The van der Waals surface area contributed by atoms with Gasteiger partial charge in [0.25, 0.3) is 0 Å². The summed E-state index contributed by atoms with van der Waals surface area (Å²) >= 11 is 3.36. The van der Waals surface area contributed by atoms with E-state index in [-0.39, 0.29) is 18.5 Å². The number of carbonyl (C=O) groups is 2. The topological polar surface area (TPSA) is 66.8 Å². The van der Waals surface area contributed by atoms with Crippen LogP contribution in [0.2, 0.25) is 0 Å². The molecule has 0 saturated heterocycles. The molecule has 122 valence electrons. The van der Waals surface area contributed by atoms with E-state index in [2.05, 4.69) is 15.9 Å². The van der Waals surface area contributed by atoms with Gasteiger partial charge in [0.05, 0.1) is 6.61 Å². The zero-order valence-electron chi connectivity index (χ0n) is 12.9. The number of nitrogens with zero attached hydrogens (tertiary/aromatic N) is 1. The van der Waals surface area contributed by atoms with Gasteiger partial charge in [-0.15, -0.1) is 0 Å². The van der Waals surface area contributed by atoms with E-state index in [0.29, 0.717) is 19.4 Å². The van der Waals surface area contributed by atoms with Crippen molar-refractivity contribution in [1.82, 2.24) is 4.90 Å². The van der Waals surface area contributed by atoms with Crippen LogP contribution < -0.4 is 4.74 Å². The highest BCUT2D eigenvalue weighted by atomic mass is 79.9. The van der Waals surface area contributed by atoms with E-state index >= 15 is 0 Å². The third kappa shape index (κ3) is 6.93.